The van der Waals surface area contributed by atoms with Gasteiger partial charge in [0.05, 0.1) is 0 Å². The van der Waals surface area contributed by atoms with E-state index >= 15 is 0 Å². The molecule has 0 aliphatic carbocycles. The summed E-state index contributed by atoms with van der Waals surface area (Å²) in [5.74, 6) is 0. The molecule has 0 aliphatic rings. The molecule has 0 atom stereocenters. The molecule has 2 aromatic rings. The molecule has 0 saturated heterocycles. The third kappa shape index (κ3) is 7.82. The largest absolute Gasteiger partial charge is 0.322 e. The number of rotatable bonds is 4. The SMILES string of the molecule is CC.CC.CC(C)N(Cc1ccccc1)C(=O)Nc1ccccc1. The van der Waals surface area contributed by atoms with Gasteiger partial charge in [0.2, 0.25) is 0 Å². The minimum atomic E-state index is -0.0740. The van der Waals surface area contributed by atoms with E-state index in [4.69, 9.17) is 0 Å². The van der Waals surface area contributed by atoms with Crippen LogP contribution in [-0.2, 0) is 6.54 Å². The highest BCUT2D eigenvalue weighted by atomic mass is 16.2. The lowest BCUT2D eigenvalue weighted by molar-refractivity contribution is 0.193. The summed E-state index contributed by atoms with van der Waals surface area (Å²) in [6.45, 7) is 12.7. The van der Waals surface area contributed by atoms with E-state index in [1.54, 1.807) is 0 Å². The maximum atomic E-state index is 12.4. The Morgan fingerprint density at radius 1 is 0.875 bits per heavy atom. The van der Waals surface area contributed by atoms with Gasteiger partial charge in [-0.3, -0.25) is 0 Å². The summed E-state index contributed by atoms with van der Waals surface area (Å²) in [7, 11) is 0. The molecular formula is C21H32N2O. The number of anilines is 1. The molecular weight excluding hydrogens is 296 g/mol. The van der Waals surface area contributed by atoms with E-state index in [-0.39, 0.29) is 12.1 Å². The van der Waals surface area contributed by atoms with Crippen molar-refractivity contribution in [3.05, 3.63) is 66.2 Å². The van der Waals surface area contributed by atoms with Crippen molar-refractivity contribution in [3.63, 3.8) is 0 Å². The second-order valence-electron chi connectivity index (χ2n) is 5.00. The van der Waals surface area contributed by atoms with Gasteiger partial charge >= 0.3 is 6.03 Å². The highest BCUT2D eigenvalue weighted by Crippen LogP contribution is 2.12. The molecule has 2 amide bonds. The topological polar surface area (TPSA) is 32.3 Å². The van der Waals surface area contributed by atoms with Crippen LogP contribution < -0.4 is 5.32 Å². The number of carbonyl (C=O) groups is 1. The van der Waals surface area contributed by atoms with Crippen molar-refractivity contribution in [2.75, 3.05) is 5.32 Å². The minimum absolute atomic E-state index is 0.0740. The Bertz CT molecular complexity index is 538. The normalized spacial score (nSPS) is 9.12. The van der Waals surface area contributed by atoms with Gasteiger partial charge in [-0.25, -0.2) is 4.79 Å². The van der Waals surface area contributed by atoms with Crippen molar-refractivity contribution >= 4 is 11.7 Å². The zero-order valence-electron chi connectivity index (χ0n) is 15.9. The second-order valence-corrected chi connectivity index (χ2v) is 5.00. The van der Waals surface area contributed by atoms with Gasteiger partial charge in [-0.1, -0.05) is 76.2 Å². The van der Waals surface area contributed by atoms with E-state index in [2.05, 4.69) is 5.32 Å². The number of para-hydroxylation sites is 1. The number of hydrogen-bond acceptors (Lipinski definition) is 1. The Morgan fingerprint density at radius 2 is 1.33 bits per heavy atom. The number of nitrogens with one attached hydrogen (secondary N) is 1. The van der Waals surface area contributed by atoms with E-state index in [0.29, 0.717) is 6.54 Å². The van der Waals surface area contributed by atoms with Crippen molar-refractivity contribution in [1.82, 2.24) is 4.90 Å². The van der Waals surface area contributed by atoms with Crippen LogP contribution in [-0.4, -0.2) is 17.0 Å². The van der Waals surface area contributed by atoms with Crippen LogP contribution in [0.3, 0.4) is 0 Å². The van der Waals surface area contributed by atoms with Crippen molar-refractivity contribution in [1.29, 1.82) is 0 Å². The molecule has 0 bridgehead atoms. The highest BCUT2D eigenvalue weighted by Gasteiger charge is 2.17. The minimum Gasteiger partial charge on any atom is -0.318 e. The summed E-state index contributed by atoms with van der Waals surface area (Å²) in [6.07, 6.45) is 0. The molecule has 3 nitrogen and oxygen atoms in total. The fourth-order valence-corrected chi connectivity index (χ4v) is 1.99. The fourth-order valence-electron chi connectivity index (χ4n) is 1.99. The standard InChI is InChI=1S/C17H20N2O.2C2H6/c1-14(2)19(13-15-9-5-3-6-10-15)17(20)18-16-11-7-4-8-12-16;2*1-2/h3-12,14H,13H2,1-2H3,(H,18,20);2*1-2H3. The molecule has 1 N–H and O–H groups in total. The predicted molar refractivity (Wildman–Crippen MR) is 105 cm³/mol. The fraction of sp³-hybridized carbons (Fsp3) is 0.381. The third-order valence-electron chi connectivity index (χ3n) is 3.11. The molecule has 0 aromatic heterocycles. The Labute approximate surface area is 147 Å². The van der Waals surface area contributed by atoms with E-state index in [0.717, 1.165) is 11.3 Å². The second kappa shape index (κ2) is 13.2. The summed E-state index contributed by atoms with van der Waals surface area (Å²) in [4.78, 5) is 14.2. The van der Waals surface area contributed by atoms with Crippen LogP contribution in [0.25, 0.3) is 0 Å². The highest BCUT2D eigenvalue weighted by molar-refractivity contribution is 5.89. The molecule has 132 valence electrons. The molecule has 2 aromatic carbocycles. The van der Waals surface area contributed by atoms with Crippen LogP contribution in [0.5, 0.6) is 0 Å². The van der Waals surface area contributed by atoms with Gasteiger partial charge in [0, 0.05) is 18.3 Å². The molecule has 24 heavy (non-hydrogen) atoms. The molecule has 3 heteroatoms. The van der Waals surface area contributed by atoms with E-state index in [1.807, 2.05) is 107 Å². The molecule has 2 rings (SSSR count). The first-order valence-corrected chi connectivity index (χ1v) is 8.83. The van der Waals surface area contributed by atoms with Gasteiger partial charge in [0.25, 0.3) is 0 Å². The Balaban J connectivity index is 0.00000123. The van der Waals surface area contributed by atoms with Crippen molar-refractivity contribution in [2.24, 2.45) is 0 Å². The van der Waals surface area contributed by atoms with Gasteiger partial charge in [-0.2, -0.15) is 0 Å². The van der Waals surface area contributed by atoms with Gasteiger partial charge in [-0.15, -0.1) is 0 Å². The molecule has 0 saturated carbocycles. The van der Waals surface area contributed by atoms with Crippen molar-refractivity contribution < 1.29 is 4.79 Å². The zero-order valence-corrected chi connectivity index (χ0v) is 15.9. The van der Waals surface area contributed by atoms with Crippen molar-refractivity contribution in [2.45, 2.75) is 54.1 Å². The van der Waals surface area contributed by atoms with Gasteiger partial charge < -0.3 is 10.2 Å². The van der Waals surface area contributed by atoms with E-state index in [1.165, 1.54) is 0 Å². The Hall–Kier alpha value is -2.29. The summed E-state index contributed by atoms with van der Waals surface area (Å²) in [6, 6.07) is 19.6. The molecule has 0 heterocycles. The first kappa shape index (κ1) is 21.7. The molecule has 0 spiro atoms. The molecule has 0 fully saturated rings. The number of benzene rings is 2. The maximum Gasteiger partial charge on any atom is 0.322 e. The Kier molecular flexibility index (Phi) is 11.9. The molecule has 0 radical (unpaired) electrons. The number of nitrogens with zero attached hydrogens (tertiary/aromatic N) is 1. The number of hydrogen-bond donors (Lipinski definition) is 1. The summed E-state index contributed by atoms with van der Waals surface area (Å²) in [5, 5.41) is 2.93. The van der Waals surface area contributed by atoms with Crippen LogP contribution in [0, 0.1) is 0 Å². The summed E-state index contributed by atoms with van der Waals surface area (Å²) in [5.41, 5.74) is 1.95. The lowest BCUT2D eigenvalue weighted by Crippen LogP contribution is -2.39. The first-order chi connectivity index (χ1) is 11.7. The van der Waals surface area contributed by atoms with Crippen LogP contribution in [0.2, 0.25) is 0 Å². The Morgan fingerprint density at radius 3 is 1.79 bits per heavy atom. The van der Waals surface area contributed by atoms with Crippen LogP contribution >= 0.6 is 0 Å². The van der Waals surface area contributed by atoms with Gasteiger partial charge in [0.15, 0.2) is 0 Å². The molecule has 0 aliphatic heterocycles. The van der Waals surface area contributed by atoms with Gasteiger partial charge in [0.1, 0.15) is 0 Å². The predicted octanol–water partition coefficient (Wildman–Crippen LogP) is 6.18. The first-order valence-electron chi connectivity index (χ1n) is 8.83. The zero-order chi connectivity index (χ0) is 18.4. The van der Waals surface area contributed by atoms with E-state index in [9.17, 15) is 4.79 Å². The average molecular weight is 329 g/mol. The number of carbonyl (C=O) groups excluding carboxylic acids is 1. The van der Waals surface area contributed by atoms with Crippen LogP contribution in [0.1, 0.15) is 47.1 Å². The van der Waals surface area contributed by atoms with Crippen LogP contribution in [0.15, 0.2) is 60.7 Å². The van der Waals surface area contributed by atoms with Crippen molar-refractivity contribution in [3.8, 4) is 0 Å². The quantitative estimate of drug-likeness (QED) is 0.714. The molecule has 0 unspecified atom stereocenters. The van der Waals surface area contributed by atoms with Gasteiger partial charge in [-0.05, 0) is 31.5 Å². The summed E-state index contributed by atoms with van der Waals surface area (Å²) < 4.78 is 0. The lowest BCUT2D eigenvalue weighted by Gasteiger charge is -2.27. The van der Waals surface area contributed by atoms with E-state index < -0.39 is 0 Å². The third-order valence-corrected chi connectivity index (χ3v) is 3.11. The average Bonchev–Trinajstić information content (AvgIpc) is 2.64. The summed E-state index contributed by atoms with van der Waals surface area (Å²) >= 11 is 0. The number of amides is 2. The number of urea groups is 1. The lowest BCUT2D eigenvalue weighted by atomic mass is 10.2. The monoisotopic (exact) mass is 328 g/mol. The maximum absolute atomic E-state index is 12.4. The smallest absolute Gasteiger partial charge is 0.318 e. The van der Waals surface area contributed by atoms with Crippen LogP contribution in [0.4, 0.5) is 10.5 Å².